The van der Waals surface area contributed by atoms with Crippen molar-refractivity contribution in [2.45, 2.75) is 24.9 Å². The first kappa shape index (κ1) is 13.8. The number of hydrogen-bond donors (Lipinski definition) is 0. The number of Topliss-reactive ketones (excluding diaryl/α,β-unsaturated/α-hetero) is 1. The molecule has 2 aromatic rings. The van der Waals surface area contributed by atoms with E-state index in [1.807, 2.05) is 41.9 Å². The van der Waals surface area contributed by atoms with Gasteiger partial charge in [0, 0.05) is 19.0 Å². The molecule has 3 unspecified atom stereocenters. The molecule has 1 aromatic carbocycles. The summed E-state index contributed by atoms with van der Waals surface area (Å²) in [6.07, 6.45) is -0.532. The van der Waals surface area contributed by atoms with Crippen molar-refractivity contribution in [1.29, 1.82) is 0 Å². The van der Waals surface area contributed by atoms with Crippen LogP contribution >= 0.6 is 12.2 Å². The molecule has 7 heteroatoms. The zero-order valence-electron chi connectivity index (χ0n) is 12.0. The number of fused-ring (bicyclic) bond motifs is 2. The number of benzene rings is 1. The summed E-state index contributed by atoms with van der Waals surface area (Å²) in [5.41, 5.74) is 0.985. The lowest BCUT2D eigenvalue weighted by molar-refractivity contribution is -0.156. The topological polar surface area (TPSA) is 58.3 Å². The molecule has 0 spiro atoms. The maximum atomic E-state index is 12.0. The smallest absolute Gasteiger partial charge is 0.218 e. The Morgan fingerprint density at radius 2 is 2.09 bits per heavy atom. The van der Waals surface area contributed by atoms with Crippen molar-refractivity contribution < 1.29 is 14.3 Å². The number of hydrogen-bond acceptors (Lipinski definition) is 5. The summed E-state index contributed by atoms with van der Waals surface area (Å²) in [5.74, 6) is 0.728. The molecule has 0 amide bonds. The molecule has 3 heterocycles. The quantitative estimate of drug-likeness (QED) is 0.792. The summed E-state index contributed by atoms with van der Waals surface area (Å²) >= 11 is 5.50. The highest BCUT2D eigenvalue weighted by Gasteiger charge is 2.45. The molecule has 2 bridgehead atoms. The summed E-state index contributed by atoms with van der Waals surface area (Å²) in [4.78, 5) is 12.0. The molecule has 114 valence electrons. The molecule has 0 saturated carbocycles. The molecule has 2 fully saturated rings. The second kappa shape index (κ2) is 5.12. The van der Waals surface area contributed by atoms with Crippen molar-refractivity contribution in [2.75, 3.05) is 6.61 Å². The molecule has 4 rings (SSSR count). The van der Waals surface area contributed by atoms with Gasteiger partial charge in [0.1, 0.15) is 6.10 Å². The largest absolute Gasteiger partial charge is 0.343 e. The highest BCUT2D eigenvalue weighted by atomic mass is 32.1. The Morgan fingerprint density at radius 3 is 2.86 bits per heavy atom. The second-order valence-electron chi connectivity index (χ2n) is 5.55. The minimum atomic E-state index is -0.701. The first-order valence-corrected chi connectivity index (χ1v) is 7.56. The van der Waals surface area contributed by atoms with E-state index < -0.39 is 6.29 Å². The third kappa shape index (κ3) is 2.05. The van der Waals surface area contributed by atoms with Crippen LogP contribution in [0.25, 0.3) is 11.4 Å². The van der Waals surface area contributed by atoms with Gasteiger partial charge < -0.3 is 14.0 Å². The maximum Gasteiger partial charge on any atom is 0.218 e. The predicted molar refractivity (Wildman–Crippen MR) is 80.7 cm³/mol. The summed E-state index contributed by atoms with van der Waals surface area (Å²) in [6.45, 7) is 0.403. The highest BCUT2D eigenvalue weighted by Crippen LogP contribution is 2.33. The third-order valence-corrected chi connectivity index (χ3v) is 4.62. The van der Waals surface area contributed by atoms with E-state index in [4.69, 9.17) is 21.7 Å². The Balaban J connectivity index is 1.77. The monoisotopic (exact) mass is 317 g/mol. The third-order valence-electron chi connectivity index (χ3n) is 4.16. The number of rotatable bonds is 2. The summed E-state index contributed by atoms with van der Waals surface area (Å²) < 4.78 is 15.1. The van der Waals surface area contributed by atoms with E-state index in [9.17, 15) is 4.79 Å². The lowest BCUT2D eigenvalue weighted by atomic mass is 10.0. The Hall–Kier alpha value is -1.83. The molecule has 3 atom stereocenters. The summed E-state index contributed by atoms with van der Waals surface area (Å²) in [5, 5.41) is 4.64. The van der Waals surface area contributed by atoms with Crippen molar-refractivity contribution in [3.8, 4) is 11.4 Å². The lowest BCUT2D eigenvalue weighted by Gasteiger charge is -2.26. The molecule has 2 aliphatic heterocycles. The average molecular weight is 317 g/mol. The lowest BCUT2D eigenvalue weighted by Crippen LogP contribution is -2.37. The van der Waals surface area contributed by atoms with E-state index in [1.54, 1.807) is 4.68 Å². The fraction of sp³-hybridized carbons (Fsp3) is 0.400. The van der Waals surface area contributed by atoms with E-state index in [1.165, 1.54) is 0 Å². The van der Waals surface area contributed by atoms with Crippen molar-refractivity contribution in [3.05, 3.63) is 35.1 Å². The fourth-order valence-corrected chi connectivity index (χ4v) is 3.24. The van der Waals surface area contributed by atoms with Crippen molar-refractivity contribution in [2.24, 2.45) is 7.05 Å². The number of carbonyl (C=O) groups is 1. The number of nitrogens with zero attached hydrogens (tertiary/aromatic N) is 3. The van der Waals surface area contributed by atoms with Crippen LogP contribution in [0, 0.1) is 4.77 Å². The molecule has 22 heavy (non-hydrogen) atoms. The van der Waals surface area contributed by atoms with Crippen molar-refractivity contribution >= 4 is 18.0 Å². The van der Waals surface area contributed by atoms with Crippen LogP contribution in [0.2, 0.25) is 0 Å². The van der Waals surface area contributed by atoms with Crippen LogP contribution in [0.1, 0.15) is 12.5 Å². The predicted octanol–water partition coefficient (Wildman–Crippen LogP) is 1.87. The number of aromatic nitrogens is 3. The number of ether oxygens (including phenoxy) is 2. The molecule has 0 radical (unpaired) electrons. The van der Waals surface area contributed by atoms with E-state index in [2.05, 4.69) is 5.10 Å². The first-order valence-electron chi connectivity index (χ1n) is 7.16. The Morgan fingerprint density at radius 1 is 1.32 bits per heavy atom. The summed E-state index contributed by atoms with van der Waals surface area (Å²) in [7, 11) is 1.88. The number of ketones is 1. The summed E-state index contributed by atoms with van der Waals surface area (Å²) in [6, 6.07) is 9.64. The van der Waals surface area contributed by atoms with Crippen LogP contribution in [0.4, 0.5) is 0 Å². The molecular formula is C15H15N3O3S. The van der Waals surface area contributed by atoms with Gasteiger partial charge in [0.05, 0.1) is 12.6 Å². The molecule has 0 aliphatic carbocycles. The fourth-order valence-electron chi connectivity index (χ4n) is 2.98. The van der Waals surface area contributed by atoms with Gasteiger partial charge in [0.25, 0.3) is 0 Å². The van der Waals surface area contributed by atoms with E-state index in [0.717, 1.165) is 11.4 Å². The standard InChI is InChI=1S/C15H15N3O3S/c1-17-13(9-5-3-2-4-6-9)16-18(15(17)22)10-7-11(19)14-20-8-12(10)21-14/h2-6,10,12,14H,7-8H2,1H3. The van der Waals surface area contributed by atoms with Gasteiger partial charge in [-0.25, -0.2) is 4.68 Å². The van der Waals surface area contributed by atoms with Gasteiger partial charge in [0.15, 0.2) is 16.4 Å². The highest BCUT2D eigenvalue weighted by molar-refractivity contribution is 7.71. The van der Waals surface area contributed by atoms with E-state index in [0.29, 0.717) is 17.8 Å². The van der Waals surface area contributed by atoms with Gasteiger partial charge in [-0.15, -0.1) is 0 Å². The van der Waals surface area contributed by atoms with E-state index >= 15 is 0 Å². The Labute approximate surface area is 132 Å². The maximum absolute atomic E-state index is 12.0. The molecule has 6 nitrogen and oxygen atoms in total. The molecule has 1 aromatic heterocycles. The van der Waals surface area contributed by atoms with Gasteiger partial charge in [-0.05, 0) is 12.2 Å². The molecule has 2 saturated heterocycles. The van der Waals surface area contributed by atoms with Crippen molar-refractivity contribution in [1.82, 2.24) is 14.3 Å². The van der Waals surface area contributed by atoms with Gasteiger partial charge >= 0.3 is 0 Å². The van der Waals surface area contributed by atoms with Crippen LogP contribution in [0.3, 0.4) is 0 Å². The van der Waals surface area contributed by atoms with Gasteiger partial charge in [0.2, 0.25) is 6.29 Å². The van der Waals surface area contributed by atoms with Crippen LogP contribution in [-0.2, 0) is 21.3 Å². The van der Waals surface area contributed by atoms with Gasteiger partial charge in [-0.3, -0.25) is 4.79 Å². The minimum absolute atomic E-state index is 0.0486. The molecule has 0 N–H and O–H groups in total. The van der Waals surface area contributed by atoms with Gasteiger partial charge in [-0.2, -0.15) is 5.10 Å². The van der Waals surface area contributed by atoms with Crippen LogP contribution in [-0.4, -0.2) is 39.1 Å². The number of carbonyl (C=O) groups excluding carboxylic acids is 1. The zero-order valence-corrected chi connectivity index (χ0v) is 12.8. The minimum Gasteiger partial charge on any atom is -0.343 e. The molecule has 2 aliphatic rings. The second-order valence-corrected chi connectivity index (χ2v) is 5.92. The molecular weight excluding hydrogens is 302 g/mol. The van der Waals surface area contributed by atoms with Crippen LogP contribution in [0.15, 0.2) is 30.3 Å². The van der Waals surface area contributed by atoms with Crippen molar-refractivity contribution in [3.63, 3.8) is 0 Å². The van der Waals surface area contributed by atoms with Crippen LogP contribution < -0.4 is 0 Å². The first-order chi connectivity index (χ1) is 10.6. The van der Waals surface area contributed by atoms with Crippen LogP contribution in [0.5, 0.6) is 0 Å². The SMILES string of the molecule is Cn1c(-c2ccccc2)nn(C2CC(=O)C3OCC2O3)c1=S. The average Bonchev–Trinajstić information content (AvgIpc) is 3.09. The Kier molecular flexibility index (Phi) is 3.21. The van der Waals surface area contributed by atoms with E-state index in [-0.39, 0.29) is 17.9 Å². The Bertz CT molecular complexity index is 783. The normalized spacial score (nSPS) is 27.3. The van der Waals surface area contributed by atoms with Gasteiger partial charge in [-0.1, -0.05) is 30.3 Å². The zero-order chi connectivity index (χ0) is 15.3.